The summed E-state index contributed by atoms with van der Waals surface area (Å²) in [7, 11) is -3.79. The van der Waals surface area contributed by atoms with Gasteiger partial charge in [-0.1, -0.05) is 61.1 Å². The number of carbonyl (C=O) groups excluding carboxylic acids is 1. The van der Waals surface area contributed by atoms with Crippen molar-refractivity contribution in [1.29, 1.82) is 0 Å². The SMILES string of the molecule is CC(C)c1ccc(CCCNS(=O)(=O)c2nnc(NC(=O)c3ccc(Cl)cc3)s2)cc1. The highest BCUT2D eigenvalue weighted by Gasteiger charge is 2.20. The lowest BCUT2D eigenvalue weighted by Gasteiger charge is -2.07. The van der Waals surface area contributed by atoms with Crippen LogP contribution in [0.3, 0.4) is 0 Å². The number of hydrogen-bond acceptors (Lipinski definition) is 6. The Morgan fingerprint density at radius 2 is 1.74 bits per heavy atom. The molecule has 0 unspecified atom stereocenters. The second-order valence-electron chi connectivity index (χ2n) is 7.23. The Balaban J connectivity index is 1.51. The molecule has 2 aromatic carbocycles. The second-order valence-corrected chi connectivity index (χ2v) is 10.6. The van der Waals surface area contributed by atoms with Crippen LogP contribution < -0.4 is 10.0 Å². The van der Waals surface area contributed by atoms with Gasteiger partial charge in [-0.25, -0.2) is 13.1 Å². The molecule has 0 spiro atoms. The third-order valence-electron chi connectivity index (χ3n) is 4.54. The van der Waals surface area contributed by atoms with Crippen LogP contribution in [0.1, 0.15) is 47.7 Å². The summed E-state index contributed by atoms with van der Waals surface area (Å²) in [5.41, 5.74) is 2.81. The number of sulfonamides is 1. The molecular formula is C21H23ClN4O3S2. The van der Waals surface area contributed by atoms with Crippen molar-refractivity contribution < 1.29 is 13.2 Å². The molecule has 0 saturated heterocycles. The predicted octanol–water partition coefficient (Wildman–Crippen LogP) is 4.48. The second kappa shape index (κ2) is 10.3. The van der Waals surface area contributed by atoms with Gasteiger partial charge in [0.15, 0.2) is 0 Å². The third kappa shape index (κ3) is 6.57. The van der Waals surface area contributed by atoms with Crippen molar-refractivity contribution in [1.82, 2.24) is 14.9 Å². The Hall–Kier alpha value is -2.33. The van der Waals surface area contributed by atoms with Crippen LogP contribution in [0.25, 0.3) is 0 Å². The van der Waals surface area contributed by atoms with Gasteiger partial charge in [-0.2, -0.15) is 0 Å². The molecular weight excluding hydrogens is 456 g/mol. The first-order valence-electron chi connectivity index (χ1n) is 9.73. The van der Waals surface area contributed by atoms with Crippen LogP contribution >= 0.6 is 22.9 Å². The summed E-state index contributed by atoms with van der Waals surface area (Å²) in [6.07, 6.45) is 1.42. The Morgan fingerprint density at radius 1 is 1.06 bits per heavy atom. The molecule has 31 heavy (non-hydrogen) atoms. The van der Waals surface area contributed by atoms with E-state index in [1.807, 2.05) is 0 Å². The number of aromatic nitrogens is 2. The van der Waals surface area contributed by atoms with Crippen LogP contribution in [0.4, 0.5) is 5.13 Å². The molecule has 1 heterocycles. The first-order chi connectivity index (χ1) is 14.7. The summed E-state index contributed by atoms with van der Waals surface area (Å²) in [6.45, 7) is 4.57. The Morgan fingerprint density at radius 3 is 2.39 bits per heavy atom. The summed E-state index contributed by atoms with van der Waals surface area (Å²) in [5, 5.41) is 10.6. The van der Waals surface area contributed by atoms with Gasteiger partial charge in [0.05, 0.1) is 0 Å². The van der Waals surface area contributed by atoms with Crippen molar-refractivity contribution in [3.63, 3.8) is 0 Å². The van der Waals surface area contributed by atoms with Gasteiger partial charge in [-0.05, 0) is 54.2 Å². The highest BCUT2D eigenvalue weighted by Crippen LogP contribution is 2.21. The van der Waals surface area contributed by atoms with E-state index >= 15 is 0 Å². The molecule has 0 aliphatic carbocycles. The van der Waals surface area contributed by atoms with Gasteiger partial charge in [0.1, 0.15) is 0 Å². The topological polar surface area (TPSA) is 101 Å². The van der Waals surface area contributed by atoms with E-state index in [-0.39, 0.29) is 16.0 Å². The molecule has 1 aromatic heterocycles. The highest BCUT2D eigenvalue weighted by atomic mass is 35.5. The average Bonchev–Trinajstić information content (AvgIpc) is 3.21. The number of aryl methyl sites for hydroxylation is 1. The summed E-state index contributed by atoms with van der Waals surface area (Å²) in [6, 6.07) is 14.7. The number of anilines is 1. The van der Waals surface area contributed by atoms with Crippen LogP contribution in [-0.4, -0.2) is 31.1 Å². The smallest absolute Gasteiger partial charge is 0.269 e. The van der Waals surface area contributed by atoms with Gasteiger partial charge >= 0.3 is 0 Å². The lowest BCUT2D eigenvalue weighted by Crippen LogP contribution is -2.25. The minimum absolute atomic E-state index is 0.102. The Labute approximate surface area is 190 Å². The molecule has 0 saturated carbocycles. The first kappa shape index (κ1) is 23.3. The lowest BCUT2D eigenvalue weighted by atomic mass is 10.0. The molecule has 3 rings (SSSR count). The molecule has 0 radical (unpaired) electrons. The van der Waals surface area contributed by atoms with E-state index in [1.54, 1.807) is 24.3 Å². The number of hydrogen-bond donors (Lipinski definition) is 2. The minimum atomic E-state index is -3.79. The van der Waals surface area contributed by atoms with E-state index in [0.29, 0.717) is 22.9 Å². The van der Waals surface area contributed by atoms with Crippen molar-refractivity contribution in [3.8, 4) is 0 Å². The zero-order valence-corrected chi connectivity index (χ0v) is 19.5. The highest BCUT2D eigenvalue weighted by molar-refractivity contribution is 7.91. The Kier molecular flexibility index (Phi) is 7.77. The van der Waals surface area contributed by atoms with E-state index in [9.17, 15) is 13.2 Å². The maximum atomic E-state index is 12.4. The van der Waals surface area contributed by atoms with Gasteiger partial charge < -0.3 is 0 Å². The monoisotopic (exact) mass is 478 g/mol. The number of amides is 1. The lowest BCUT2D eigenvalue weighted by molar-refractivity contribution is 0.102. The van der Waals surface area contributed by atoms with Crippen LogP contribution in [0, 0.1) is 0 Å². The van der Waals surface area contributed by atoms with Crippen LogP contribution in [0.2, 0.25) is 5.02 Å². The quantitative estimate of drug-likeness (QED) is 0.349. The summed E-state index contributed by atoms with van der Waals surface area (Å²) >= 11 is 6.60. The predicted molar refractivity (Wildman–Crippen MR) is 123 cm³/mol. The molecule has 0 bridgehead atoms. The average molecular weight is 479 g/mol. The molecule has 0 fully saturated rings. The molecule has 0 aliphatic rings. The van der Waals surface area contributed by atoms with E-state index in [4.69, 9.17) is 11.6 Å². The van der Waals surface area contributed by atoms with E-state index < -0.39 is 15.9 Å². The zero-order valence-electron chi connectivity index (χ0n) is 17.1. The van der Waals surface area contributed by atoms with Crippen molar-refractivity contribution in [2.45, 2.75) is 36.9 Å². The van der Waals surface area contributed by atoms with Crippen molar-refractivity contribution in [2.75, 3.05) is 11.9 Å². The maximum Gasteiger partial charge on any atom is 0.269 e. The normalized spacial score (nSPS) is 11.6. The summed E-state index contributed by atoms with van der Waals surface area (Å²) in [4.78, 5) is 12.2. The number of nitrogens with zero attached hydrogens (tertiary/aromatic N) is 2. The van der Waals surface area contributed by atoms with E-state index in [2.05, 4.69) is 58.3 Å². The fourth-order valence-electron chi connectivity index (χ4n) is 2.77. The number of rotatable bonds is 9. The number of benzene rings is 2. The first-order valence-corrected chi connectivity index (χ1v) is 12.4. The molecule has 3 aromatic rings. The fraction of sp³-hybridized carbons (Fsp3) is 0.286. The van der Waals surface area contributed by atoms with Crippen molar-refractivity contribution >= 4 is 44.0 Å². The third-order valence-corrected chi connectivity index (χ3v) is 7.46. The zero-order chi connectivity index (χ0) is 22.4. The van der Waals surface area contributed by atoms with Crippen LogP contribution in [0.15, 0.2) is 52.9 Å². The molecule has 164 valence electrons. The number of carbonyl (C=O) groups is 1. The molecule has 0 aliphatic heterocycles. The number of nitrogens with one attached hydrogen (secondary N) is 2. The maximum absolute atomic E-state index is 12.4. The van der Waals surface area contributed by atoms with Gasteiger partial charge in [0, 0.05) is 17.1 Å². The van der Waals surface area contributed by atoms with Crippen molar-refractivity contribution in [3.05, 3.63) is 70.2 Å². The van der Waals surface area contributed by atoms with Gasteiger partial charge in [-0.15, -0.1) is 10.2 Å². The number of halogens is 1. The van der Waals surface area contributed by atoms with Crippen LogP contribution in [0.5, 0.6) is 0 Å². The van der Waals surface area contributed by atoms with Crippen LogP contribution in [-0.2, 0) is 16.4 Å². The minimum Gasteiger partial charge on any atom is -0.296 e. The molecule has 7 nitrogen and oxygen atoms in total. The van der Waals surface area contributed by atoms with Gasteiger partial charge in [-0.3, -0.25) is 10.1 Å². The van der Waals surface area contributed by atoms with Gasteiger partial charge in [0.2, 0.25) is 9.47 Å². The fourth-order valence-corrected chi connectivity index (χ4v) is 4.91. The van der Waals surface area contributed by atoms with E-state index in [1.165, 1.54) is 5.56 Å². The Bertz CT molecular complexity index is 1130. The van der Waals surface area contributed by atoms with Crippen molar-refractivity contribution in [2.24, 2.45) is 0 Å². The largest absolute Gasteiger partial charge is 0.296 e. The molecule has 0 atom stereocenters. The van der Waals surface area contributed by atoms with Gasteiger partial charge in [0.25, 0.3) is 15.9 Å². The van der Waals surface area contributed by atoms with E-state index in [0.717, 1.165) is 23.3 Å². The summed E-state index contributed by atoms with van der Waals surface area (Å²) < 4.78 is 27.2. The molecule has 1 amide bonds. The standard InChI is InChI=1S/C21H23ClN4O3S2/c1-14(2)16-7-5-15(6-8-16)4-3-13-23-31(28,29)21-26-25-20(30-21)24-19(27)17-9-11-18(22)12-10-17/h5-12,14,23H,3-4,13H2,1-2H3,(H,24,25,27). The molecule has 2 N–H and O–H groups in total. The molecule has 10 heteroatoms. The summed E-state index contributed by atoms with van der Waals surface area (Å²) in [5.74, 6) is 0.0573.